The van der Waals surface area contributed by atoms with Gasteiger partial charge in [-0.2, -0.15) is 0 Å². The molecule has 0 saturated carbocycles. The number of nitrogen functional groups attached to an aromatic ring is 1. The van der Waals surface area contributed by atoms with E-state index in [1.807, 2.05) is 0 Å². The first-order chi connectivity index (χ1) is 8.95. The molecule has 0 saturated heterocycles. The van der Waals surface area contributed by atoms with E-state index in [2.05, 4.69) is 0 Å². The fourth-order valence-corrected chi connectivity index (χ4v) is 3.08. The fraction of sp³-hybridized carbons (Fsp3) is 0.0769. The Labute approximate surface area is 122 Å². The van der Waals surface area contributed by atoms with Gasteiger partial charge < -0.3 is 5.73 Å². The van der Waals surface area contributed by atoms with Gasteiger partial charge in [0, 0.05) is 10.6 Å². The second-order valence-corrected chi connectivity index (χ2v) is 6.22. The zero-order valence-corrected chi connectivity index (χ0v) is 12.0. The Bertz CT molecular complexity index is 628. The molecule has 2 N–H and O–H groups in total. The molecule has 2 nitrogen and oxygen atoms in total. The van der Waals surface area contributed by atoms with Gasteiger partial charge in [-0.15, -0.1) is 0 Å². The van der Waals surface area contributed by atoms with Crippen molar-refractivity contribution < 1.29 is 8.60 Å². The molecule has 2 aromatic carbocycles. The second kappa shape index (κ2) is 5.90. The average Bonchev–Trinajstić information content (AvgIpc) is 2.31. The van der Waals surface area contributed by atoms with Crippen molar-refractivity contribution in [1.29, 1.82) is 0 Å². The van der Waals surface area contributed by atoms with Gasteiger partial charge >= 0.3 is 0 Å². The Balaban J connectivity index is 2.22. The van der Waals surface area contributed by atoms with Crippen LogP contribution in [0.2, 0.25) is 10.0 Å². The normalized spacial score (nSPS) is 12.4. The molecule has 2 rings (SSSR count). The lowest BCUT2D eigenvalue weighted by Gasteiger charge is -2.05. The van der Waals surface area contributed by atoms with Crippen LogP contribution in [-0.2, 0) is 16.6 Å². The van der Waals surface area contributed by atoms with Gasteiger partial charge in [0.15, 0.2) is 0 Å². The fourth-order valence-electron chi connectivity index (χ4n) is 1.61. The maximum atomic E-state index is 13.2. The minimum atomic E-state index is -1.33. The Kier molecular flexibility index (Phi) is 4.45. The number of anilines is 1. The van der Waals surface area contributed by atoms with Crippen LogP contribution in [0.3, 0.4) is 0 Å². The first-order valence-corrected chi connectivity index (χ1v) is 7.41. The van der Waals surface area contributed by atoms with Crippen LogP contribution in [0, 0.1) is 5.82 Å². The van der Waals surface area contributed by atoms with Crippen molar-refractivity contribution in [2.75, 3.05) is 5.73 Å². The molecule has 0 aliphatic rings. The molecule has 0 aliphatic carbocycles. The van der Waals surface area contributed by atoms with Gasteiger partial charge in [0.2, 0.25) is 0 Å². The van der Waals surface area contributed by atoms with Crippen molar-refractivity contribution >= 4 is 39.7 Å². The van der Waals surface area contributed by atoms with Crippen LogP contribution in [0.15, 0.2) is 41.3 Å². The minimum Gasteiger partial charge on any atom is -0.399 e. The quantitative estimate of drug-likeness (QED) is 0.869. The monoisotopic (exact) mass is 317 g/mol. The van der Waals surface area contributed by atoms with E-state index < -0.39 is 16.6 Å². The molecule has 2 aromatic rings. The predicted molar refractivity (Wildman–Crippen MR) is 77.4 cm³/mol. The molecule has 1 unspecified atom stereocenters. The van der Waals surface area contributed by atoms with E-state index in [1.165, 1.54) is 12.1 Å². The summed E-state index contributed by atoms with van der Waals surface area (Å²) in [5.74, 6) is -0.277. The Morgan fingerprint density at radius 3 is 2.47 bits per heavy atom. The summed E-state index contributed by atoms with van der Waals surface area (Å²) in [6, 6.07) is 8.88. The van der Waals surface area contributed by atoms with Gasteiger partial charge in [0.05, 0.1) is 26.6 Å². The van der Waals surface area contributed by atoms with Gasteiger partial charge in [0.25, 0.3) is 0 Å². The Morgan fingerprint density at radius 2 is 1.84 bits per heavy atom. The van der Waals surface area contributed by atoms with E-state index in [0.717, 1.165) is 0 Å². The van der Waals surface area contributed by atoms with Gasteiger partial charge in [-0.1, -0.05) is 23.2 Å². The first-order valence-electron chi connectivity index (χ1n) is 5.34. The Morgan fingerprint density at radius 1 is 1.11 bits per heavy atom. The van der Waals surface area contributed by atoms with Crippen molar-refractivity contribution in [2.24, 2.45) is 0 Å². The number of rotatable bonds is 3. The summed E-state index contributed by atoms with van der Waals surface area (Å²) in [5.41, 5.74) is 6.42. The molecule has 0 heterocycles. The minimum absolute atomic E-state index is 0.167. The molecule has 0 fully saturated rings. The van der Waals surface area contributed by atoms with Crippen molar-refractivity contribution in [1.82, 2.24) is 0 Å². The zero-order chi connectivity index (χ0) is 14.0. The van der Waals surface area contributed by atoms with Crippen LogP contribution in [-0.4, -0.2) is 4.21 Å². The van der Waals surface area contributed by atoms with Crippen molar-refractivity contribution in [3.63, 3.8) is 0 Å². The molecular formula is C13H10Cl2FNOS. The van der Waals surface area contributed by atoms with Crippen molar-refractivity contribution in [2.45, 2.75) is 10.6 Å². The van der Waals surface area contributed by atoms with E-state index in [9.17, 15) is 8.60 Å². The summed E-state index contributed by atoms with van der Waals surface area (Å²) < 4.78 is 25.3. The molecule has 6 heteroatoms. The zero-order valence-electron chi connectivity index (χ0n) is 9.70. The third-order valence-corrected chi connectivity index (χ3v) is 4.55. The van der Waals surface area contributed by atoms with E-state index in [4.69, 9.17) is 28.9 Å². The lowest BCUT2D eigenvalue weighted by molar-refractivity contribution is 0.627. The summed E-state index contributed by atoms with van der Waals surface area (Å²) in [6.07, 6.45) is 0. The molecule has 100 valence electrons. The van der Waals surface area contributed by atoms with Crippen molar-refractivity contribution in [3.8, 4) is 0 Å². The third-order valence-electron chi connectivity index (χ3n) is 2.43. The van der Waals surface area contributed by atoms with Gasteiger partial charge in [0.1, 0.15) is 5.82 Å². The molecule has 0 spiro atoms. The first kappa shape index (κ1) is 14.3. The van der Waals surface area contributed by atoms with Crippen LogP contribution >= 0.6 is 23.2 Å². The highest BCUT2D eigenvalue weighted by molar-refractivity contribution is 7.84. The lowest BCUT2D eigenvalue weighted by atomic mass is 10.2. The summed E-state index contributed by atoms with van der Waals surface area (Å²) in [7, 11) is -1.33. The highest BCUT2D eigenvalue weighted by atomic mass is 35.5. The van der Waals surface area contributed by atoms with Gasteiger partial charge in [-0.25, -0.2) is 4.39 Å². The second-order valence-electron chi connectivity index (χ2n) is 3.96. The molecule has 1 atom stereocenters. The van der Waals surface area contributed by atoms with Crippen LogP contribution in [0.1, 0.15) is 5.56 Å². The SMILES string of the molecule is Nc1cc(F)cc(CS(=O)c2ccc(Cl)c(Cl)c2)c1. The number of hydrogen-bond acceptors (Lipinski definition) is 2. The molecule has 19 heavy (non-hydrogen) atoms. The molecule has 0 aliphatic heterocycles. The average molecular weight is 318 g/mol. The van der Waals surface area contributed by atoms with Crippen LogP contribution in [0.4, 0.5) is 10.1 Å². The number of halogens is 3. The lowest BCUT2D eigenvalue weighted by Crippen LogP contribution is -1.98. The highest BCUT2D eigenvalue weighted by Gasteiger charge is 2.09. The summed E-state index contributed by atoms with van der Waals surface area (Å²) in [5, 5.41) is 0.740. The van der Waals surface area contributed by atoms with Crippen LogP contribution < -0.4 is 5.73 Å². The molecule has 0 aromatic heterocycles. The van der Waals surface area contributed by atoms with Gasteiger partial charge in [-0.3, -0.25) is 4.21 Å². The van der Waals surface area contributed by atoms with E-state index in [1.54, 1.807) is 24.3 Å². The Hall–Kier alpha value is -1.10. The van der Waals surface area contributed by atoms with Crippen molar-refractivity contribution in [3.05, 3.63) is 57.8 Å². The summed E-state index contributed by atoms with van der Waals surface area (Å²) in [4.78, 5) is 0.539. The summed E-state index contributed by atoms with van der Waals surface area (Å²) >= 11 is 11.7. The number of hydrogen-bond donors (Lipinski definition) is 1. The molecular weight excluding hydrogens is 308 g/mol. The maximum Gasteiger partial charge on any atom is 0.125 e. The van der Waals surface area contributed by atoms with Gasteiger partial charge in [-0.05, 0) is 42.0 Å². The topological polar surface area (TPSA) is 43.1 Å². The van der Waals surface area contributed by atoms with E-state index in [-0.39, 0.29) is 5.75 Å². The highest BCUT2D eigenvalue weighted by Crippen LogP contribution is 2.25. The standard InChI is InChI=1S/C13H10Cl2FNOS/c14-12-2-1-11(6-13(12)15)19(18)7-8-3-9(16)5-10(17)4-8/h1-6H,7,17H2. The maximum absolute atomic E-state index is 13.2. The van der Waals surface area contributed by atoms with E-state index in [0.29, 0.717) is 26.2 Å². The molecule has 0 bridgehead atoms. The largest absolute Gasteiger partial charge is 0.399 e. The van der Waals surface area contributed by atoms with E-state index >= 15 is 0 Å². The smallest absolute Gasteiger partial charge is 0.125 e. The third kappa shape index (κ3) is 3.69. The molecule has 0 amide bonds. The van der Waals surface area contributed by atoms with Crippen LogP contribution in [0.5, 0.6) is 0 Å². The van der Waals surface area contributed by atoms with Crippen LogP contribution in [0.25, 0.3) is 0 Å². The molecule has 0 radical (unpaired) electrons. The summed E-state index contributed by atoms with van der Waals surface area (Å²) in [6.45, 7) is 0. The number of benzene rings is 2. The predicted octanol–water partition coefficient (Wildman–Crippen LogP) is 4.02. The number of nitrogens with two attached hydrogens (primary N) is 1.